The van der Waals surface area contributed by atoms with Gasteiger partial charge in [0.15, 0.2) is 0 Å². The molecule has 5 nitrogen and oxygen atoms in total. The van der Waals surface area contributed by atoms with Crippen molar-refractivity contribution in [1.29, 1.82) is 0 Å². The first-order chi connectivity index (χ1) is 10.6. The maximum atomic E-state index is 12.3. The summed E-state index contributed by atoms with van der Waals surface area (Å²) in [4.78, 5) is 28.4. The molecular weight excluding hydrogens is 278 g/mol. The summed E-state index contributed by atoms with van der Waals surface area (Å²) in [5, 5.41) is 5.63. The minimum absolute atomic E-state index is 0.0760. The van der Waals surface area contributed by atoms with Gasteiger partial charge in [-0.15, -0.1) is 0 Å². The lowest BCUT2D eigenvalue weighted by Crippen LogP contribution is -2.32. The maximum absolute atomic E-state index is 12.3. The van der Waals surface area contributed by atoms with Crippen LogP contribution in [0, 0.1) is 0 Å². The van der Waals surface area contributed by atoms with E-state index in [0.717, 1.165) is 6.42 Å². The van der Waals surface area contributed by atoms with Crippen molar-refractivity contribution < 1.29 is 9.59 Å². The van der Waals surface area contributed by atoms with Crippen LogP contribution in [0.4, 0.5) is 5.69 Å². The lowest BCUT2D eigenvalue weighted by molar-refractivity contribution is 0.0940. The Morgan fingerprint density at radius 2 is 1.82 bits per heavy atom. The van der Waals surface area contributed by atoms with Crippen molar-refractivity contribution in [2.45, 2.75) is 26.3 Å². The van der Waals surface area contributed by atoms with Gasteiger partial charge in [-0.3, -0.25) is 14.6 Å². The van der Waals surface area contributed by atoms with Crippen molar-refractivity contribution in [3.05, 3.63) is 59.9 Å². The van der Waals surface area contributed by atoms with Crippen LogP contribution < -0.4 is 10.6 Å². The number of benzene rings is 1. The summed E-state index contributed by atoms with van der Waals surface area (Å²) >= 11 is 0. The number of aromatic nitrogens is 1. The van der Waals surface area contributed by atoms with Crippen LogP contribution in [0.15, 0.2) is 48.7 Å². The Morgan fingerprint density at radius 1 is 1.09 bits per heavy atom. The van der Waals surface area contributed by atoms with Gasteiger partial charge in [0.2, 0.25) is 0 Å². The highest BCUT2D eigenvalue weighted by Crippen LogP contribution is 2.16. The van der Waals surface area contributed by atoms with Gasteiger partial charge in [-0.1, -0.05) is 25.1 Å². The molecule has 1 aromatic carbocycles. The maximum Gasteiger partial charge on any atom is 0.274 e. The van der Waals surface area contributed by atoms with Gasteiger partial charge in [0.1, 0.15) is 5.69 Å². The first-order valence-electron chi connectivity index (χ1n) is 7.24. The van der Waals surface area contributed by atoms with Crippen molar-refractivity contribution in [2.24, 2.45) is 0 Å². The summed E-state index contributed by atoms with van der Waals surface area (Å²) in [6.07, 6.45) is 2.39. The molecule has 2 amide bonds. The second kappa shape index (κ2) is 7.36. The smallest absolute Gasteiger partial charge is 0.274 e. The molecule has 0 bridgehead atoms. The van der Waals surface area contributed by atoms with Crippen molar-refractivity contribution in [3.8, 4) is 0 Å². The number of hydrogen-bond acceptors (Lipinski definition) is 3. The van der Waals surface area contributed by atoms with E-state index in [4.69, 9.17) is 0 Å². The lowest BCUT2D eigenvalue weighted by atomic mass is 10.1. The van der Waals surface area contributed by atoms with Gasteiger partial charge in [-0.25, -0.2) is 0 Å². The van der Waals surface area contributed by atoms with Crippen molar-refractivity contribution in [1.82, 2.24) is 10.3 Å². The Morgan fingerprint density at radius 3 is 2.50 bits per heavy atom. The van der Waals surface area contributed by atoms with Crippen LogP contribution in [-0.2, 0) is 0 Å². The summed E-state index contributed by atoms with van der Waals surface area (Å²) in [5.41, 5.74) is 1.21. The zero-order valence-electron chi connectivity index (χ0n) is 12.7. The van der Waals surface area contributed by atoms with Crippen LogP contribution in [0.5, 0.6) is 0 Å². The number of nitrogens with one attached hydrogen (secondary N) is 2. The third-order valence-corrected chi connectivity index (χ3v) is 3.31. The highest BCUT2D eigenvalue weighted by atomic mass is 16.2. The molecule has 22 heavy (non-hydrogen) atoms. The molecule has 0 fully saturated rings. The van der Waals surface area contributed by atoms with E-state index in [2.05, 4.69) is 15.6 Å². The Bertz CT molecular complexity index is 656. The molecular formula is C17H19N3O2. The summed E-state index contributed by atoms with van der Waals surface area (Å²) in [6.45, 7) is 3.94. The van der Waals surface area contributed by atoms with E-state index in [1.807, 2.05) is 13.8 Å². The molecule has 0 radical (unpaired) electrons. The minimum Gasteiger partial charge on any atom is -0.350 e. The summed E-state index contributed by atoms with van der Waals surface area (Å²) in [5.74, 6) is -0.546. The number of carbonyl (C=O) groups excluding carboxylic acids is 2. The molecule has 1 unspecified atom stereocenters. The van der Waals surface area contributed by atoms with E-state index in [1.54, 1.807) is 48.7 Å². The third kappa shape index (κ3) is 3.91. The van der Waals surface area contributed by atoms with Gasteiger partial charge in [0, 0.05) is 12.2 Å². The molecule has 1 atom stereocenters. The SMILES string of the molecule is CCC(C)NC(=O)c1ccccc1NC(=O)c1ccccn1. The zero-order valence-corrected chi connectivity index (χ0v) is 12.7. The average Bonchev–Trinajstić information content (AvgIpc) is 2.55. The highest BCUT2D eigenvalue weighted by molar-refractivity contribution is 6.08. The molecule has 0 aliphatic rings. The second-order valence-electron chi connectivity index (χ2n) is 5.00. The molecule has 0 saturated heterocycles. The molecule has 1 aromatic heterocycles. The highest BCUT2D eigenvalue weighted by Gasteiger charge is 2.15. The zero-order chi connectivity index (χ0) is 15.9. The number of rotatable bonds is 5. The number of amides is 2. The number of anilines is 1. The Balaban J connectivity index is 2.18. The Kier molecular flexibility index (Phi) is 5.25. The topological polar surface area (TPSA) is 71.1 Å². The van der Waals surface area contributed by atoms with Gasteiger partial charge in [-0.2, -0.15) is 0 Å². The van der Waals surface area contributed by atoms with E-state index in [9.17, 15) is 9.59 Å². The van der Waals surface area contributed by atoms with Gasteiger partial charge in [-0.05, 0) is 37.6 Å². The second-order valence-corrected chi connectivity index (χ2v) is 5.00. The number of carbonyl (C=O) groups is 2. The fourth-order valence-electron chi connectivity index (χ4n) is 1.88. The number of pyridine rings is 1. The van der Waals surface area contributed by atoms with Crippen LogP contribution in [0.2, 0.25) is 0 Å². The largest absolute Gasteiger partial charge is 0.350 e. The Hall–Kier alpha value is -2.69. The van der Waals surface area contributed by atoms with E-state index in [-0.39, 0.29) is 17.9 Å². The summed E-state index contributed by atoms with van der Waals surface area (Å²) < 4.78 is 0. The van der Waals surface area contributed by atoms with E-state index in [1.165, 1.54) is 0 Å². The van der Waals surface area contributed by atoms with Crippen LogP contribution >= 0.6 is 0 Å². The fraction of sp³-hybridized carbons (Fsp3) is 0.235. The van der Waals surface area contributed by atoms with Crippen molar-refractivity contribution in [2.75, 3.05) is 5.32 Å². The van der Waals surface area contributed by atoms with Gasteiger partial charge >= 0.3 is 0 Å². The van der Waals surface area contributed by atoms with Gasteiger partial charge < -0.3 is 10.6 Å². The molecule has 0 aliphatic carbocycles. The average molecular weight is 297 g/mol. The quantitative estimate of drug-likeness (QED) is 0.891. The first-order valence-corrected chi connectivity index (χ1v) is 7.24. The van der Waals surface area contributed by atoms with Crippen LogP contribution in [-0.4, -0.2) is 22.8 Å². The molecule has 0 spiro atoms. The lowest BCUT2D eigenvalue weighted by Gasteiger charge is -2.14. The predicted octanol–water partition coefficient (Wildman–Crippen LogP) is 2.86. The molecule has 0 saturated carbocycles. The Labute approximate surface area is 129 Å². The number of para-hydroxylation sites is 1. The number of hydrogen-bond donors (Lipinski definition) is 2. The fourth-order valence-corrected chi connectivity index (χ4v) is 1.88. The number of nitrogens with zero attached hydrogens (tertiary/aromatic N) is 1. The van der Waals surface area contributed by atoms with E-state index < -0.39 is 0 Å². The first kappa shape index (κ1) is 15.7. The van der Waals surface area contributed by atoms with E-state index >= 15 is 0 Å². The van der Waals surface area contributed by atoms with Crippen LogP contribution in [0.3, 0.4) is 0 Å². The molecule has 2 rings (SSSR count). The standard InChI is InChI=1S/C17H19N3O2/c1-3-12(2)19-16(21)13-8-4-5-9-14(13)20-17(22)15-10-6-7-11-18-15/h4-12H,3H2,1-2H3,(H,19,21)(H,20,22). The molecule has 114 valence electrons. The molecule has 0 aliphatic heterocycles. The van der Waals surface area contributed by atoms with Gasteiger partial charge in [0.25, 0.3) is 11.8 Å². The summed E-state index contributed by atoms with van der Waals surface area (Å²) in [7, 11) is 0. The molecule has 5 heteroatoms. The molecule has 1 heterocycles. The molecule has 2 N–H and O–H groups in total. The predicted molar refractivity (Wildman–Crippen MR) is 85.9 cm³/mol. The van der Waals surface area contributed by atoms with Gasteiger partial charge in [0.05, 0.1) is 11.3 Å². The normalized spacial score (nSPS) is 11.5. The third-order valence-electron chi connectivity index (χ3n) is 3.31. The van der Waals surface area contributed by atoms with Crippen molar-refractivity contribution >= 4 is 17.5 Å². The van der Waals surface area contributed by atoms with Crippen molar-refractivity contribution in [3.63, 3.8) is 0 Å². The van der Waals surface area contributed by atoms with E-state index in [0.29, 0.717) is 16.9 Å². The molecule has 2 aromatic rings. The van der Waals surface area contributed by atoms with Crippen LogP contribution in [0.1, 0.15) is 41.1 Å². The monoisotopic (exact) mass is 297 g/mol. The van der Waals surface area contributed by atoms with Crippen LogP contribution in [0.25, 0.3) is 0 Å². The minimum atomic E-state index is -0.343. The summed E-state index contributed by atoms with van der Waals surface area (Å²) in [6, 6.07) is 12.1.